The first-order chi connectivity index (χ1) is 11.7. The van der Waals surface area contributed by atoms with Gasteiger partial charge in [-0.3, -0.25) is 4.98 Å². The Kier molecular flexibility index (Phi) is 4.81. The smallest absolute Gasteiger partial charge is 0.150 e. The van der Waals surface area contributed by atoms with Crippen LogP contribution in [0.25, 0.3) is 0 Å². The van der Waals surface area contributed by atoms with Gasteiger partial charge >= 0.3 is 0 Å². The van der Waals surface area contributed by atoms with E-state index in [0.29, 0.717) is 29.7 Å². The number of hydrogen-bond donors (Lipinski definition) is 2. The van der Waals surface area contributed by atoms with Gasteiger partial charge in [-0.2, -0.15) is 0 Å². The summed E-state index contributed by atoms with van der Waals surface area (Å²) in [5.74, 6) is 2.19. The topological polar surface area (TPSA) is 72.0 Å². The van der Waals surface area contributed by atoms with E-state index in [1.54, 1.807) is 50.0 Å². The molecule has 0 fully saturated rings. The number of nitrogens with one attached hydrogen (secondary N) is 2. The van der Waals surface area contributed by atoms with Crippen molar-refractivity contribution in [3.63, 3.8) is 0 Å². The number of rotatable bonds is 6. The van der Waals surface area contributed by atoms with Crippen molar-refractivity contribution in [2.75, 3.05) is 17.7 Å². The van der Waals surface area contributed by atoms with Gasteiger partial charge in [0.15, 0.2) is 0 Å². The van der Waals surface area contributed by atoms with E-state index in [1.807, 2.05) is 0 Å². The minimum Gasteiger partial charge on any atom is -0.496 e. The van der Waals surface area contributed by atoms with Crippen LogP contribution < -0.4 is 15.4 Å². The fraction of sp³-hybridized carbons (Fsp3) is 0.118. The summed E-state index contributed by atoms with van der Waals surface area (Å²) in [7, 11) is 1.59. The summed E-state index contributed by atoms with van der Waals surface area (Å²) in [6.07, 6.45) is 4.79. The molecule has 0 radical (unpaired) electrons. The number of ether oxygens (including phenoxy) is 1. The first-order valence-electron chi connectivity index (χ1n) is 7.30. The van der Waals surface area contributed by atoms with Crippen molar-refractivity contribution in [3.8, 4) is 5.75 Å². The second kappa shape index (κ2) is 7.36. The third-order valence-electron chi connectivity index (χ3n) is 3.24. The molecular formula is C17H16FN5O. The van der Waals surface area contributed by atoms with Crippen LogP contribution in [0.4, 0.5) is 21.8 Å². The fourth-order valence-corrected chi connectivity index (χ4v) is 2.07. The molecule has 2 heterocycles. The number of benzene rings is 1. The maximum absolute atomic E-state index is 12.9. The van der Waals surface area contributed by atoms with Crippen LogP contribution >= 0.6 is 0 Å². The Balaban J connectivity index is 1.74. The molecule has 0 atom stereocenters. The Morgan fingerprint density at radius 2 is 1.83 bits per heavy atom. The lowest BCUT2D eigenvalue weighted by Gasteiger charge is -2.11. The summed E-state index contributed by atoms with van der Waals surface area (Å²) in [5, 5.41) is 6.26. The Morgan fingerprint density at radius 3 is 2.54 bits per heavy atom. The van der Waals surface area contributed by atoms with Gasteiger partial charge in [-0.1, -0.05) is 12.1 Å². The molecule has 7 heteroatoms. The molecule has 0 bridgehead atoms. The summed E-state index contributed by atoms with van der Waals surface area (Å²) in [5.41, 5.74) is 0.949. The Bertz CT molecular complexity index is 796. The molecule has 0 aliphatic carbocycles. The van der Waals surface area contributed by atoms with Crippen LogP contribution in [0.5, 0.6) is 5.75 Å². The van der Waals surface area contributed by atoms with Crippen LogP contribution in [0.15, 0.2) is 55.0 Å². The predicted molar refractivity (Wildman–Crippen MR) is 89.8 cm³/mol. The average molecular weight is 325 g/mol. The highest BCUT2D eigenvalue weighted by Crippen LogP contribution is 2.22. The minimum absolute atomic E-state index is 0.256. The molecule has 122 valence electrons. The summed E-state index contributed by atoms with van der Waals surface area (Å²) < 4.78 is 18.2. The van der Waals surface area contributed by atoms with Gasteiger partial charge in [-0.05, 0) is 17.7 Å². The van der Waals surface area contributed by atoms with Crippen molar-refractivity contribution in [2.24, 2.45) is 0 Å². The third-order valence-corrected chi connectivity index (χ3v) is 3.24. The van der Waals surface area contributed by atoms with Crippen LogP contribution in [0.3, 0.4) is 0 Å². The first kappa shape index (κ1) is 15.7. The molecule has 0 saturated heterocycles. The zero-order valence-electron chi connectivity index (χ0n) is 13.0. The zero-order valence-corrected chi connectivity index (χ0v) is 13.0. The highest BCUT2D eigenvalue weighted by atomic mass is 19.1. The highest BCUT2D eigenvalue weighted by Gasteiger charge is 2.05. The number of nitrogens with zero attached hydrogens (tertiary/aromatic N) is 3. The number of halogens is 1. The number of anilines is 3. The van der Waals surface area contributed by atoms with Gasteiger partial charge in [-0.25, -0.2) is 14.4 Å². The molecule has 3 aromatic rings. The summed E-state index contributed by atoms with van der Waals surface area (Å²) in [6, 6.07) is 9.85. The molecular weight excluding hydrogens is 309 g/mol. The van der Waals surface area contributed by atoms with Crippen LogP contribution in [0.1, 0.15) is 5.56 Å². The number of pyridine rings is 1. The lowest BCUT2D eigenvalue weighted by Crippen LogP contribution is -2.04. The van der Waals surface area contributed by atoms with Gasteiger partial charge < -0.3 is 15.4 Å². The van der Waals surface area contributed by atoms with Crippen molar-refractivity contribution in [3.05, 3.63) is 66.4 Å². The van der Waals surface area contributed by atoms with Crippen molar-refractivity contribution in [2.45, 2.75) is 6.54 Å². The summed E-state index contributed by atoms with van der Waals surface area (Å²) >= 11 is 0. The lowest BCUT2D eigenvalue weighted by molar-refractivity contribution is 0.415. The first-order valence-corrected chi connectivity index (χ1v) is 7.30. The standard InChI is InChI=1S/C17H16FN5O/c1-24-14-8-15(21-10-12-2-4-13(18)5-3-12)22-16(9-14)23-17-11-19-6-7-20-17/h2-9,11H,10H2,1H3,(H2,20,21,22,23). The molecule has 2 N–H and O–H groups in total. The van der Waals surface area contributed by atoms with E-state index >= 15 is 0 Å². The van der Waals surface area contributed by atoms with E-state index in [4.69, 9.17) is 4.74 Å². The molecule has 24 heavy (non-hydrogen) atoms. The van der Waals surface area contributed by atoms with Gasteiger partial charge in [0.25, 0.3) is 0 Å². The predicted octanol–water partition coefficient (Wildman–Crippen LogP) is 3.38. The molecule has 0 aliphatic heterocycles. The van der Waals surface area contributed by atoms with Gasteiger partial charge in [-0.15, -0.1) is 0 Å². The zero-order chi connectivity index (χ0) is 16.8. The van der Waals surface area contributed by atoms with Gasteiger partial charge in [0, 0.05) is 31.1 Å². The second-order valence-electron chi connectivity index (χ2n) is 4.97. The molecule has 2 aromatic heterocycles. The SMILES string of the molecule is COc1cc(NCc2ccc(F)cc2)nc(Nc2cnccn2)c1. The van der Waals surface area contributed by atoms with E-state index in [2.05, 4.69) is 25.6 Å². The monoisotopic (exact) mass is 325 g/mol. The van der Waals surface area contributed by atoms with Crippen molar-refractivity contribution < 1.29 is 9.13 Å². The van der Waals surface area contributed by atoms with Crippen LogP contribution in [-0.4, -0.2) is 22.1 Å². The Morgan fingerprint density at radius 1 is 1.04 bits per heavy atom. The van der Waals surface area contributed by atoms with E-state index in [0.717, 1.165) is 5.56 Å². The fourth-order valence-electron chi connectivity index (χ4n) is 2.07. The molecule has 0 saturated carbocycles. The molecule has 0 aliphatic rings. The van der Waals surface area contributed by atoms with Crippen molar-refractivity contribution >= 4 is 17.5 Å². The van der Waals surface area contributed by atoms with Crippen molar-refractivity contribution in [1.29, 1.82) is 0 Å². The van der Waals surface area contributed by atoms with E-state index in [-0.39, 0.29) is 5.82 Å². The van der Waals surface area contributed by atoms with Gasteiger partial charge in [0.1, 0.15) is 29.0 Å². The molecule has 3 rings (SSSR count). The van der Waals surface area contributed by atoms with Crippen LogP contribution in [0, 0.1) is 5.82 Å². The maximum Gasteiger partial charge on any atom is 0.150 e. The molecule has 0 spiro atoms. The van der Waals surface area contributed by atoms with Gasteiger partial charge in [0.05, 0.1) is 13.3 Å². The third kappa shape index (κ3) is 4.16. The molecule has 6 nitrogen and oxygen atoms in total. The average Bonchev–Trinajstić information content (AvgIpc) is 2.62. The Labute approximate surface area is 138 Å². The number of aromatic nitrogens is 3. The van der Waals surface area contributed by atoms with Crippen molar-refractivity contribution in [1.82, 2.24) is 15.0 Å². The largest absolute Gasteiger partial charge is 0.496 e. The molecule has 0 amide bonds. The summed E-state index contributed by atoms with van der Waals surface area (Å²) in [6.45, 7) is 0.519. The normalized spacial score (nSPS) is 10.2. The Hall–Kier alpha value is -3.22. The van der Waals surface area contributed by atoms with E-state index in [9.17, 15) is 4.39 Å². The second-order valence-corrected chi connectivity index (χ2v) is 4.97. The number of methoxy groups -OCH3 is 1. The van der Waals surface area contributed by atoms with Crippen LogP contribution in [-0.2, 0) is 6.54 Å². The molecule has 1 aromatic carbocycles. The maximum atomic E-state index is 12.9. The minimum atomic E-state index is -0.256. The summed E-state index contributed by atoms with van der Waals surface area (Å²) in [4.78, 5) is 12.6. The van der Waals surface area contributed by atoms with Crippen LogP contribution in [0.2, 0.25) is 0 Å². The lowest BCUT2D eigenvalue weighted by atomic mass is 10.2. The van der Waals surface area contributed by atoms with Gasteiger partial charge in [0.2, 0.25) is 0 Å². The van der Waals surface area contributed by atoms with E-state index < -0.39 is 0 Å². The van der Waals surface area contributed by atoms with E-state index in [1.165, 1.54) is 12.1 Å². The number of hydrogen-bond acceptors (Lipinski definition) is 6. The molecule has 0 unspecified atom stereocenters. The quantitative estimate of drug-likeness (QED) is 0.724. The highest BCUT2D eigenvalue weighted by molar-refractivity contribution is 5.57.